The van der Waals surface area contributed by atoms with Crippen molar-refractivity contribution in [3.8, 4) is 0 Å². The van der Waals surface area contributed by atoms with E-state index in [0.29, 0.717) is 39.0 Å². The van der Waals surface area contributed by atoms with Gasteiger partial charge in [-0.1, -0.05) is 72.6 Å². The maximum Gasteiger partial charge on any atom is 0.246 e. The van der Waals surface area contributed by atoms with E-state index in [1.165, 1.54) is 32.1 Å². The molecule has 0 aromatic carbocycles. The van der Waals surface area contributed by atoms with Crippen LogP contribution in [0.2, 0.25) is 0 Å². The van der Waals surface area contributed by atoms with Crippen molar-refractivity contribution in [3.63, 3.8) is 0 Å². The van der Waals surface area contributed by atoms with E-state index in [9.17, 15) is 14.0 Å². The van der Waals surface area contributed by atoms with Crippen LogP contribution in [0, 0.1) is 5.92 Å². The van der Waals surface area contributed by atoms with Crippen molar-refractivity contribution in [2.75, 3.05) is 52.7 Å². The molecule has 0 heterocycles. The lowest BCUT2D eigenvalue weighted by molar-refractivity contribution is -0.137. The standard InChI is InChI=1S/C30H60FN3O5/c1-7-10-12-14-15-25(4)29(36)34-23-27(31)30(5,6)39-24-28(35)33-18-20-38-22-21-37-19-17-32-26(9-3)16-13-11-8-2/h25-27,32H,7-24H2,1-6H3,(H,33,35)(H,34,36). The molecular formula is C30H60FN3O5. The predicted molar refractivity (Wildman–Crippen MR) is 157 cm³/mol. The summed E-state index contributed by atoms with van der Waals surface area (Å²) >= 11 is 0. The molecule has 3 N–H and O–H groups in total. The predicted octanol–water partition coefficient (Wildman–Crippen LogP) is 4.94. The molecule has 0 radical (unpaired) electrons. The van der Waals surface area contributed by atoms with Crippen molar-refractivity contribution in [2.24, 2.45) is 5.92 Å². The Morgan fingerprint density at radius 2 is 1.44 bits per heavy atom. The minimum absolute atomic E-state index is 0.142. The van der Waals surface area contributed by atoms with Crippen molar-refractivity contribution in [1.29, 1.82) is 0 Å². The summed E-state index contributed by atoms with van der Waals surface area (Å²) in [5.74, 6) is -0.628. The number of carbonyl (C=O) groups excluding carboxylic acids is 2. The number of nitrogens with one attached hydrogen (secondary N) is 3. The zero-order valence-electron chi connectivity index (χ0n) is 25.9. The van der Waals surface area contributed by atoms with E-state index in [0.717, 1.165) is 38.6 Å². The molecule has 2 amide bonds. The second-order valence-electron chi connectivity index (χ2n) is 11.0. The summed E-state index contributed by atoms with van der Waals surface area (Å²) in [6.07, 6.45) is 9.94. The number of hydrogen-bond donors (Lipinski definition) is 3. The largest absolute Gasteiger partial charge is 0.378 e. The molecule has 0 rings (SSSR count). The first-order valence-electron chi connectivity index (χ1n) is 15.4. The van der Waals surface area contributed by atoms with E-state index >= 15 is 0 Å². The van der Waals surface area contributed by atoms with Gasteiger partial charge in [-0.05, 0) is 33.1 Å². The van der Waals surface area contributed by atoms with Crippen LogP contribution in [0.1, 0.15) is 106 Å². The van der Waals surface area contributed by atoms with Gasteiger partial charge in [-0.3, -0.25) is 9.59 Å². The Morgan fingerprint density at radius 1 is 0.821 bits per heavy atom. The van der Waals surface area contributed by atoms with Gasteiger partial charge in [0, 0.05) is 25.0 Å². The number of ether oxygens (including phenoxy) is 3. The van der Waals surface area contributed by atoms with E-state index in [2.05, 4.69) is 36.7 Å². The number of rotatable bonds is 27. The fourth-order valence-electron chi connectivity index (χ4n) is 4.02. The molecule has 8 nitrogen and oxygen atoms in total. The van der Waals surface area contributed by atoms with E-state index in [1.54, 1.807) is 13.8 Å². The normalized spacial score (nSPS) is 14.1. The summed E-state index contributed by atoms with van der Waals surface area (Å²) in [5.41, 5.74) is -1.20. The number of hydrogen-bond acceptors (Lipinski definition) is 6. The average Bonchev–Trinajstić information content (AvgIpc) is 2.92. The quantitative estimate of drug-likeness (QED) is 0.123. The lowest BCUT2D eigenvalue weighted by Gasteiger charge is -2.29. The highest BCUT2D eigenvalue weighted by Gasteiger charge is 2.32. The number of unbranched alkanes of at least 4 members (excludes halogenated alkanes) is 5. The monoisotopic (exact) mass is 561 g/mol. The first-order valence-corrected chi connectivity index (χ1v) is 15.4. The van der Waals surface area contributed by atoms with Crippen LogP contribution in [0.3, 0.4) is 0 Å². The summed E-state index contributed by atoms with van der Waals surface area (Å²) in [6.45, 7) is 14.4. The van der Waals surface area contributed by atoms with Gasteiger partial charge in [0.25, 0.3) is 0 Å². The third kappa shape index (κ3) is 21.2. The molecule has 0 aliphatic heterocycles. The summed E-state index contributed by atoms with van der Waals surface area (Å²) in [6, 6.07) is 0.560. The SMILES string of the molecule is CCCCCCC(C)C(=O)NCC(F)C(C)(C)OCC(=O)NCCOCCOCCNC(CC)CCCCC. The molecule has 232 valence electrons. The highest BCUT2D eigenvalue weighted by molar-refractivity contribution is 5.78. The molecule has 3 atom stereocenters. The van der Waals surface area contributed by atoms with Crippen LogP contribution < -0.4 is 16.0 Å². The number of halogens is 1. The Bertz CT molecular complexity index is 609. The molecule has 3 unspecified atom stereocenters. The van der Waals surface area contributed by atoms with E-state index in [1.807, 2.05) is 6.92 Å². The minimum atomic E-state index is -1.44. The number of alkyl halides is 1. The molecule has 0 fully saturated rings. The van der Waals surface area contributed by atoms with Crippen molar-refractivity contribution < 1.29 is 28.2 Å². The third-order valence-corrected chi connectivity index (χ3v) is 6.99. The van der Waals surface area contributed by atoms with Crippen LogP contribution in [0.4, 0.5) is 4.39 Å². The topological polar surface area (TPSA) is 97.9 Å². The highest BCUT2D eigenvalue weighted by atomic mass is 19.1. The summed E-state index contributed by atoms with van der Waals surface area (Å²) in [4.78, 5) is 24.3. The van der Waals surface area contributed by atoms with Crippen molar-refractivity contribution in [2.45, 2.75) is 124 Å². The van der Waals surface area contributed by atoms with Gasteiger partial charge in [0.2, 0.25) is 11.8 Å². The second kappa shape index (κ2) is 24.5. The molecule has 0 aromatic rings. The average molecular weight is 562 g/mol. The third-order valence-electron chi connectivity index (χ3n) is 6.99. The van der Waals surface area contributed by atoms with Gasteiger partial charge in [-0.15, -0.1) is 0 Å². The zero-order chi connectivity index (χ0) is 29.4. The van der Waals surface area contributed by atoms with Crippen molar-refractivity contribution in [3.05, 3.63) is 0 Å². The highest BCUT2D eigenvalue weighted by Crippen LogP contribution is 2.18. The lowest BCUT2D eigenvalue weighted by atomic mass is 10.0. The smallest absolute Gasteiger partial charge is 0.246 e. The molecule has 0 aliphatic carbocycles. The van der Waals surface area contributed by atoms with Crippen LogP contribution in [0.25, 0.3) is 0 Å². The molecular weight excluding hydrogens is 501 g/mol. The summed E-state index contributed by atoms with van der Waals surface area (Å²) in [5, 5.41) is 8.93. The van der Waals surface area contributed by atoms with Crippen LogP contribution >= 0.6 is 0 Å². The van der Waals surface area contributed by atoms with Gasteiger partial charge < -0.3 is 30.2 Å². The maximum absolute atomic E-state index is 14.7. The molecule has 0 spiro atoms. The fourth-order valence-corrected chi connectivity index (χ4v) is 4.02. The Morgan fingerprint density at radius 3 is 2.08 bits per heavy atom. The van der Waals surface area contributed by atoms with Gasteiger partial charge in [-0.2, -0.15) is 0 Å². The number of amides is 2. The Hall–Kier alpha value is -1.29. The maximum atomic E-state index is 14.7. The van der Waals surface area contributed by atoms with Gasteiger partial charge in [-0.25, -0.2) is 4.39 Å². The lowest BCUT2D eigenvalue weighted by Crippen LogP contribution is -2.46. The minimum Gasteiger partial charge on any atom is -0.378 e. The van der Waals surface area contributed by atoms with Gasteiger partial charge in [0.05, 0.1) is 38.6 Å². The molecule has 0 aliphatic rings. The molecule has 0 bridgehead atoms. The Balaban J connectivity index is 3.84. The first-order chi connectivity index (χ1) is 18.7. The molecule has 0 aromatic heterocycles. The van der Waals surface area contributed by atoms with Crippen molar-refractivity contribution >= 4 is 11.8 Å². The van der Waals surface area contributed by atoms with E-state index in [-0.39, 0.29) is 30.9 Å². The van der Waals surface area contributed by atoms with Crippen molar-refractivity contribution in [1.82, 2.24) is 16.0 Å². The summed E-state index contributed by atoms with van der Waals surface area (Å²) in [7, 11) is 0. The fraction of sp³-hybridized carbons (Fsp3) is 0.933. The van der Waals surface area contributed by atoms with Crippen LogP contribution in [-0.2, 0) is 23.8 Å². The van der Waals surface area contributed by atoms with Crippen LogP contribution in [0.5, 0.6) is 0 Å². The molecule has 0 saturated carbocycles. The Labute approximate surface area is 238 Å². The zero-order valence-corrected chi connectivity index (χ0v) is 25.9. The van der Waals surface area contributed by atoms with Gasteiger partial charge in [0.15, 0.2) is 0 Å². The van der Waals surface area contributed by atoms with E-state index < -0.39 is 11.8 Å². The molecule has 0 saturated heterocycles. The molecule has 9 heteroatoms. The molecule has 39 heavy (non-hydrogen) atoms. The van der Waals surface area contributed by atoms with Crippen LogP contribution in [0.15, 0.2) is 0 Å². The van der Waals surface area contributed by atoms with Crippen LogP contribution in [-0.4, -0.2) is 82.3 Å². The Kier molecular flexibility index (Phi) is 23.7. The van der Waals surface area contributed by atoms with Gasteiger partial charge in [0.1, 0.15) is 12.8 Å². The first kappa shape index (κ1) is 37.7. The van der Waals surface area contributed by atoms with Gasteiger partial charge >= 0.3 is 0 Å². The second-order valence-corrected chi connectivity index (χ2v) is 11.0. The number of carbonyl (C=O) groups is 2. The van der Waals surface area contributed by atoms with E-state index in [4.69, 9.17) is 14.2 Å². The summed E-state index contributed by atoms with van der Waals surface area (Å²) < 4.78 is 31.3.